The van der Waals surface area contributed by atoms with Gasteiger partial charge < -0.3 is 14.8 Å². The van der Waals surface area contributed by atoms with Gasteiger partial charge in [-0.2, -0.15) is 0 Å². The molecule has 2 aliphatic rings. The zero-order valence-corrected chi connectivity index (χ0v) is 8.13. The molecular formula is C10H19NO2. The molecule has 3 heteroatoms. The van der Waals surface area contributed by atoms with Gasteiger partial charge in [0.2, 0.25) is 0 Å². The van der Waals surface area contributed by atoms with Crippen molar-refractivity contribution in [3.63, 3.8) is 0 Å². The van der Waals surface area contributed by atoms with Crippen molar-refractivity contribution in [1.82, 2.24) is 5.32 Å². The number of nitrogens with one attached hydrogen (secondary N) is 1. The molecule has 0 aromatic rings. The van der Waals surface area contributed by atoms with Gasteiger partial charge in [0.25, 0.3) is 0 Å². The van der Waals surface area contributed by atoms with Gasteiger partial charge in [-0.1, -0.05) is 0 Å². The zero-order chi connectivity index (χ0) is 8.93. The van der Waals surface area contributed by atoms with Crippen LogP contribution in [0, 0.1) is 0 Å². The van der Waals surface area contributed by atoms with Gasteiger partial charge in [0.15, 0.2) is 0 Å². The normalized spacial score (nSPS) is 24.9. The Kier molecular flexibility index (Phi) is 3.58. The molecule has 1 aliphatic heterocycles. The average molecular weight is 185 g/mol. The van der Waals surface area contributed by atoms with Crippen LogP contribution in [0.2, 0.25) is 0 Å². The Morgan fingerprint density at radius 1 is 1.15 bits per heavy atom. The maximum atomic E-state index is 5.72. The second-order valence-electron chi connectivity index (χ2n) is 3.91. The molecule has 1 saturated heterocycles. The molecule has 0 aromatic heterocycles. The van der Waals surface area contributed by atoms with Gasteiger partial charge in [0, 0.05) is 25.8 Å². The van der Waals surface area contributed by atoms with Crippen LogP contribution in [0.25, 0.3) is 0 Å². The molecule has 0 radical (unpaired) electrons. The van der Waals surface area contributed by atoms with Crippen LogP contribution in [0.4, 0.5) is 0 Å². The van der Waals surface area contributed by atoms with Crippen LogP contribution in [0.5, 0.6) is 0 Å². The highest BCUT2D eigenvalue weighted by atomic mass is 16.5. The van der Waals surface area contributed by atoms with E-state index in [-0.39, 0.29) is 0 Å². The molecule has 0 unspecified atom stereocenters. The van der Waals surface area contributed by atoms with Crippen molar-refractivity contribution in [2.24, 2.45) is 0 Å². The smallest absolute Gasteiger partial charge is 0.0619 e. The van der Waals surface area contributed by atoms with Crippen molar-refractivity contribution in [3.05, 3.63) is 0 Å². The van der Waals surface area contributed by atoms with Gasteiger partial charge in [0.05, 0.1) is 12.7 Å². The lowest BCUT2D eigenvalue weighted by molar-refractivity contribution is -0.0305. The maximum Gasteiger partial charge on any atom is 0.0619 e. The monoisotopic (exact) mass is 185 g/mol. The van der Waals surface area contributed by atoms with E-state index in [1.165, 1.54) is 12.8 Å². The molecule has 0 aromatic carbocycles. The highest BCUT2D eigenvalue weighted by Gasteiger charge is 2.20. The molecule has 0 spiro atoms. The van der Waals surface area contributed by atoms with Crippen molar-refractivity contribution < 1.29 is 9.47 Å². The summed E-state index contributed by atoms with van der Waals surface area (Å²) in [5.74, 6) is 0. The second-order valence-corrected chi connectivity index (χ2v) is 3.91. The van der Waals surface area contributed by atoms with E-state index in [1.54, 1.807) is 0 Å². The summed E-state index contributed by atoms with van der Waals surface area (Å²) < 4.78 is 11.0. The first-order chi connectivity index (χ1) is 6.45. The quantitative estimate of drug-likeness (QED) is 0.646. The summed E-state index contributed by atoms with van der Waals surface area (Å²) >= 11 is 0. The third-order valence-electron chi connectivity index (χ3n) is 2.63. The summed E-state index contributed by atoms with van der Waals surface area (Å²) in [4.78, 5) is 0. The molecule has 0 atom stereocenters. The largest absolute Gasteiger partial charge is 0.381 e. The van der Waals surface area contributed by atoms with E-state index >= 15 is 0 Å². The summed E-state index contributed by atoms with van der Waals surface area (Å²) in [5, 5.41) is 3.44. The first-order valence-electron chi connectivity index (χ1n) is 5.38. The molecule has 2 rings (SSSR count). The van der Waals surface area contributed by atoms with E-state index < -0.39 is 0 Å². The molecule has 1 N–H and O–H groups in total. The molecule has 76 valence electrons. The van der Waals surface area contributed by atoms with E-state index in [1.807, 2.05) is 0 Å². The van der Waals surface area contributed by atoms with Gasteiger partial charge in [-0.15, -0.1) is 0 Å². The molecule has 13 heavy (non-hydrogen) atoms. The second kappa shape index (κ2) is 4.94. The van der Waals surface area contributed by atoms with E-state index in [2.05, 4.69) is 5.32 Å². The molecule has 2 fully saturated rings. The third-order valence-corrected chi connectivity index (χ3v) is 2.63. The minimum Gasteiger partial charge on any atom is -0.381 e. The third kappa shape index (κ3) is 3.63. The Morgan fingerprint density at radius 2 is 1.92 bits per heavy atom. The first-order valence-corrected chi connectivity index (χ1v) is 5.38. The minimum atomic E-state index is 0.453. The standard InChI is InChI=1S/C10H19NO2/c1-2-9(1)11-5-8-13-10-3-6-12-7-4-10/h9-11H,1-8H2. The predicted molar refractivity (Wildman–Crippen MR) is 50.8 cm³/mol. The minimum absolute atomic E-state index is 0.453. The Hall–Kier alpha value is -0.120. The van der Waals surface area contributed by atoms with Gasteiger partial charge >= 0.3 is 0 Å². The van der Waals surface area contributed by atoms with Gasteiger partial charge in [-0.3, -0.25) is 0 Å². The number of rotatable bonds is 5. The fraction of sp³-hybridized carbons (Fsp3) is 1.00. The Bertz CT molecular complexity index is 142. The van der Waals surface area contributed by atoms with Crippen molar-refractivity contribution in [2.45, 2.75) is 37.8 Å². The van der Waals surface area contributed by atoms with E-state index in [0.717, 1.165) is 45.2 Å². The van der Waals surface area contributed by atoms with Crippen LogP contribution in [-0.4, -0.2) is 38.5 Å². The zero-order valence-electron chi connectivity index (χ0n) is 8.13. The van der Waals surface area contributed by atoms with Crippen molar-refractivity contribution in [2.75, 3.05) is 26.4 Å². The summed E-state index contributed by atoms with van der Waals surface area (Å²) in [5.41, 5.74) is 0. The molecule has 3 nitrogen and oxygen atoms in total. The van der Waals surface area contributed by atoms with E-state index in [0.29, 0.717) is 6.10 Å². The maximum absolute atomic E-state index is 5.72. The van der Waals surface area contributed by atoms with Crippen LogP contribution in [-0.2, 0) is 9.47 Å². The number of hydrogen-bond donors (Lipinski definition) is 1. The fourth-order valence-electron chi connectivity index (χ4n) is 1.62. The van der Waals surface area contributed by atoms with Crippen LogP contribution in [0.15, 0.2) is 0 Å². The summed E-state index contributed by atoms with van der Waals surface area (Å²) in [7, 11) is 0. The van der Waals surface area contributed by atoms with Gasteiger partial charge in [0.1, 0.15) is 0 Å². The molecule has 0 amide bonds. The Balaban J connectivity index is 1.46. The van der Waals surface area contributed by atoms with Crippen LogP contribution >= 0.6 is 0 Å². The van der Waals surface area contributed by atoms with Gasteiger partial charge in [-0.05, 0) is 25.7 Å². The molecule has 1 aliphatic carbocycles. The molecule has 0 bridgehead atoms. The SMILES string of the molecule is C(COC1CCOCC1)NC1CC1. The summed E-state index contributed by atoms with van der Waals surface area (Å²) in [6.07, 6.45) is 5.32. The van der Waals surface area contributed by atoms with Gasteiger partial charge in [-0.25, -0.2) is 0 Å². The van der Waals surface area contributed by atoms with Crippen molar-refractivity contribution >= 4 is 0 Å². The summed E-state index contributed by atoms with van der Waals surface area (Å²) in [6, 6.07) is 0.804. The highest BCUT2D eigenvalue weighted by molar-refractivity contribution is 4.80. The lowest BCUT2D eigenvalue weighted by Crippen LogP contribution is -2.28. The Labute approximate surface area is 79.8 Å². The lowest BCUT2D eigenvalue weighted by Gasteiger charge is -2.22. The average Bonchev–Trinajstić information content (AvgIpc) is 2.98. The fourth-order valence-corrected chi connectivity index (χ4v) is 1.62. The van der Waals surface area contributed by atoms with E-state index in [9.17, 15) is 0 Å². The highest BCUT2D eigenvalue weighted by Crippen LogP contribution is 2.18. The van der Waals surface area contributed by atoms with E-state index in [4.69, 9.17) is 9.47 Å². The predicted octanol–water partition coefficient (Wildman–Crippen LogP) is 0.934. The van der Waals surface area contributed by atoms with Crippen molar-refractivity contribution in [1.29, 1.82) is 0 Å². The lowest BCUT2D eigenvalue weighted by atomic mass is 10.2. The topological polar surface area (TPSA) is 30.5 Å². The molecule has 1 saturated carbocycles. The Morgan fingerprint density at radius 3 is 2.62 bits per heavy atom. The molecular weight excluding hydrogens is 166 g/mol. The van der Waals surface area contributed by atoms with Crippen LogP contribution in [0.1, 0.15) is 25.7 Å². The van der Waals surface area contributed by atoms with Crippen LogP contribution < -0.4 is 5.32 Å². The summed E-state index contributed by atoms with van der Waals surface area (Å²) in [6.45, 7) is 3.63. The molecule has 1 heterocycles. The number of ether oxygens (including phenoxy) is 2. The number of hydrogen-bond acceptors (Lipinski definition) is 3. The van der Waals surface area contributed by atoms with Crippen LogP contribution in [0.3, 0.4) is 0 Å². The van der Waals surface area contributed by atoms with Crippen molar-refractivity contribution in [3.8, 4) is 0 Å². The first kappa shape index (κ1) is 9.44.